The third-order valence-electron chi connectivity index (χ3n) is 3.25. The molecule has 2 aromatic heterocycles. The molecule has 0 atom stereocenters. The topological polar surface area (TPSA) is 66.0 Å². The molecular weight excluding hydrogens is 291 g/mol. The zero-order valence-corrected chi connectivity index (χ0v) is 11.9. The van der Waals surface area contributed by atoms with Gasteiger partial charge in [-0.15, -0.1) is 11.3 Å². The molecule has 0 unspecified atom stereocenters. The molecule has 0 amide bonds. The molecule has 0 saturated heterocycles. The van der Waals surface area contributed by atoms with Crippen LogP contribution in [0.5, 0.6) is 0 Å². The van der Waals surface area contributed by atoms with Gasteiger partial charge in [0.05, 0.1) is 11.1 Å². The number of aromatic amines is 1. The summed E-state index contributed by atoms with van der Waals surface area (Å²) < 4.78 is 13.4. The van der Waals surface area contributed by atoms with Crippen molar-refractivity contribution in [1.29, 1.82) is 0 Å². The van der Waals surface area contributed by atoms with Gasteiger partial charge in [-0.25, -0.2) is 14.2 Å². The van der Waals surface area contributed by atoms with Crippen molar-refractivity contribution < 1.29 is 14.3 Å². The smallest absolute Gasteiger partial charge is 0.338 e. The molecule has 0 radical (unpaired) electrons. The van der Waals surface area contributed by atoms with Crippen molar-refractivity contribution in [2.75, 3.05) is 0 Å². The number of hydrogen-bond donors (Lipinski definition) is 2. The number of nitrogens with zero attached hydrogens (tertiary/aromatic N) is 1. The maximum atomic E-state index is 13.4. The van der Waals surface area contributed by atoms with Crippen LogP contribution < -0.4 is 0 Å². The van der Waals surface area contributed by atoms with Crippen molar-refractivity contribution >= 4 is 28.3 Å². The zero-order chi connectivity index (χ0) is 14.8. The number of halogens is 1. The van der Waals surface area contributed by atoms with E-state index >= 15 is 0 Å². The van der Waals surface area contributed by atoms with Gasteiger partial charge in [0, 0.05) is 11.3 Å². The van der Waals surface area contributed by atoms with Crippen LogP contribution in [0, 0.1) is 5.82 Å². The van der Waals surface area contributed by atoms with Gasteiger partial charge in [-0.1, -0.05) is 6.07 Å². The minimum atomic E-state index is -1.17. The molecule has 0 spiro atoms. The molecule has 3 rings (SSSR count). The van der Waals surface area contributed by atoms with Crippen LogP contribution in [0.2, 0.25) is 0 Å². The first-order valence-electron chi connectivity index (χ1n) is 6.57. The largest absolute Gasteiger partial charge is 0.478 e. The lowest BCUT2D eigenvalue weighted by Gasteiger charge is -1.96. The highest BCUT2D eigenvalue weighted by Gasteiger charge is 2.14. The number of thiophene rings is 1. The first-order valence-corrected chi connectivity index (χ1v) is 7.45. The Labute approximate surface area is 124 Å². The number of carboxylic acid groups (broad SMARTS) is 1. The van der Waals surface area contributed by atoms with Gasteiger partial charge in [-0.2, -0.15) is 0 Å². The number of aromatic nitrogens is 2. The second-order valence-electron chi connectivity index (χ2n) is 4.77. The summed E-state index contributed by atoms with van der Waals surface area (Å²) in [5.74, 6) is -1.06. The van der Waals surface area contributed by atoms with Crippen LogP contribution in [0.1, 0.15) is 27.5 Å². The van der Waals surface area contributed by atoms with Gasteiger partial charge >= 0.3 is 5.97 Å². The molecule has 2 heterocycles. The number of aryl methyl sites for hydroxylation is 2. The Morgan fingerprint density at radius 2 is 2.24 bits per heavy atom. The van der Waals surface area contributed by atoms with Crippen molar-refractivity contribution in [2.24, 2.45) is 0 Å². The standard InChI is InChI=1S/C15H13FN2O2S/c16-9-7-11(15(19)20)14-12(8-9)17-13(18-14)5-1-3-10-4-2-6-21-10/h2,4,6-8H,1,3,5H2,(H,17,18)(H,19,20). The van der Waals surface area contributed by atoms with E-state index in [0.717, 1.165) is 18.9 Å². The lowest BCUT2D eigenvalue weighted by atomic mass is 10.2. The number of imidazole rings is 1. The Kier molecular flexibility index (Phi) is 3.70. The number of carboxylic acids is 1. The summed E-state index contributed by atoms with van der Waals surface area (Å²) in [6.45, 7) is 0. The Morgan fingerprint density at radius 3 is 2.95 bits per heavy atom. The first kappa shape index (κ1) is 13.8. The number of hydrogen-bond acceptors (Lipinski definition) is 3. The van der Waals surface area contributed by atoms with Gasteiger partial charge in [0.25, 0.3) is 0 Å². The average Bonchev–Trinajstić information content (AvgIpc) is 3.06. The second kappa shape index (κ2) is 5.65. The highest BCUT2D eigenvalue weighted by molar-refractivity contribution is 7.09. The highest BCUT2D eigenvalue weighted by atomic mass is 32.1. The molecule has 0 aliphatic rings. The summed E-state index contributed by atoms with van der Waals surface area (Å²) in [5.41, 5.74) is 0.638. The van der Waals surface area contributed by atoms with Gasteiger partial charge in [-0.05, 0) is 36.4 Å². The predicted octanol–water partition coefficient (Wildman–Crippen LogP) is 3.64. The molecule has 21 heavy (non-hydrogen) atoms. The molecule has 0 aliphatic carbocycles. The van der Waals surface area contributed by atoms with Crippen LogP contribution in [-0.4, -0.2) is 21.0 Å². The molecule has 6 heteroatoms. The third-order valence-corrected chi connectivity index (χ3v) is 4.18. The van der Waals surface area contributed by atoms with Crippen LogP contribution >= 0.6 is 11.3 Å². The number of H-pyrrole nitrogens is 1. The van der Waals surface area contributed by atoms with Gasteiger partial charge in [0.1, 0.15) is 17.2 Å². The van der Waals surface area contributed by atoms with E-state index in [9.17, 15) is 9.18 Å². The molecule has 3 aromatic rings. The van der Waals surface area contributed by atoms with E-state index in [1.54, 1.807) is 11.3 Å². The van der Waals surface area contributed by atoms with Crippen LogP contribution in [-0.2, 0) is 12.8 Å². The number of fused-ring (bicyclic) bond motifs is 1. The van der Waals surface area contributed by atoms with Crippen LogP contribution in [0.15, 0.2) is 29.6 Å². The summed E-state index contributed by atoms with van der Waals surface area (Å²) in [6.07, 6.45) is 2.56. The fourth-order valence-corrected chi connectivity index (χ4v) is 3.05. The number of rotatable bonds is 5. The maximum absolute atomic E-state index is 13.4. The first-order chi connectivity index (χ1) is 10.1. The van der Waals surface area contributed by atoms with E-state index in [4.69, 9.17) is 5.11 Å². The summed E-state index contributed by atoms with van der Waals surface area (Å²) in [4.78, 5) is 19.7. The van der Waals surface area contributed by atoms with Gasteiger partial charge in [0.15, 0.2) is 0 Å². The maximum Gasteiger partial charge on any atom is 0.338 e. The molecule has 0 bridgehead atoms. The molecule has 0 fully saturated rings. The molecule has 108 valence electrons. The minimum Gasteiger partial charge on any atom is -0.478 e. The monoisotopic (exact) mass is 304 g/mol. The Bertz CT molecular complexity index is 780. The van der Waals surface area contributed by atoms with Gasteiger partial charge in [0.2, 0.25) is 0 Å². The fourth-order valence-electron chi connectivity index (χ4n) is 2.30. The molecule has 4 nitrogen and oxygen atoms in total. The molecular formula is C15H13FN2O2S. The van der Waals surface area contributed by atoms with Crippen molar-refractivity contribution in [2.45, 2.75) is 19.3 Å². The highest BCUT2D eigenvalue weighted by Crippen LogP contribution is 2.20. The van der Waals surface area contributed by atoms with E-state index in [0.29, 0.717) is 23.3 Å². The third kappa shape index (κ3) is 2.95. The zero-order valence-electron chi connectivity index (χ0n) is 11.1. The van der Waals surface area contributed by atoms with E-state index in [2.05, 4.69) is 16.0 Å². The summed E-state index contributed by atoms with van der Waals surface area (Å²) >= 11 is 1.71. The Hall–Kier alpha value is -2.21. The lowest BCUT2D eigenvalue weighted by molar-refractivity contribution is 0.0698. The van der Waals surface area contributed by atoms with Gasteiger partial charge in [-0.3, -0.25) is 0 Å². The summed E-state index contributed by atoms with van der Waals surface area (Å²) in [7, 11) is 0. The summed E-state index contributed by atoms with van der Waals surface area (Å²) in [5, 5.41) is 11.1. The summed E-state index contributed by atoms with van der Waals surface area (Å²) in [6, 6.07) is 6.38. The quantitative estimate of drug-likeness (QED) is 0.756. The number of benzene rings is 1. The van der Waals surface area contributed by atoms with E-state index in [-0.39, 0.29) is 5.56 Å². The second-order valence-corrected chi connectivity index (χ2v) is 5.80. The van der Waals surface area contributed by atoms with Crippen molar-refractivity contribution in [1.82, 2.24) is 9.97 Å². The van der Waals surface area contributed by atoms with Gasteiger partial charge < -0.3 is 10.1 Å². The van der Waals surface area contributed by atoms with Crippen LogP contribution in [0.3, 0.4) is 0 Å². The van der Waals surface area contributed by atoms with Crippen molar-refractivity contribution in [3.8, 4) is 0 Å². The van der Waals surface area contributed by atoms with Crippen LogP contribution in [0.25, 0.3) is 11.0 Å². The SMILES string of the molecule is O=C(O)c1cc(F)cc2[nH]c(CCCc3cccs3)nc12. The number of nitrogens with one attached hydrogen (secondary N) is 1. The van der Waals surface area contributed by atoms with Crippen LogP contribution in [0.4, 0.5) is 4.39 Å². The van der Waals surface area contributed by atoms with E-state index in [1.807, 2.05) is 11.4 Å². The Balaban J connectivity index is 1.80. The van der Waals surface area contributed by atoms with E-state index < -0.39 is 11.8 Å². The fraction of sp³-hybridized carbons (Fsp3) is 0.200. The molecule has 1 aromatic carbocycles. The lowest BCUT2D eigenvalue weighted by Crippen LogP contribution is -1.98. The predicted molar refractivity (Wildman–Crippen MR) is 79.4 cm³/mol. The number of carbonyl (C=O) groups is 1. The van der Waals surface area contributed by atoms with Crippen molar-refractivity contribution in [3.63, 3.8) is 0 Å². The average molecular weight is 304 g/mol. The van der Waals surface area contributed by atoms with E-state index in [1.165, 1.54) is 10.9 Å². The number of aromatic carboxylic acids is 1. The molecule has 0 aliphatic heterocycles. The molecule has 0 saturated carbocycles. The van der Waals surface area contributed by atoms with Crippen molar-refractivity contribution in [3.05, 3.63) is 51.7 Å². The molecule has 2 N–H and O–H groups in total. The normalized spacial score (nSPS) is 11.1. The Morgan fingerprint density at radius 1 is 1.38 bits per heavy atom. The minimum absolute atomic E-state index is 0.106.